The van der Waals surface area contributed by atoms with Gasteiger partial charge in [0.1, 0.15) is 12.1 Å². The first-order valence-corrected chi connectivity index (χ1v) is 15.7. The first-order chi connectivity index (χ1) is 21.9. The van der Waals surface area contributed by atoms with Crippen LogP contribution < -0.4 is 14.9 Å². The monoisotopic (exact) mass is 648 g/mol. The molecule has 46 heavy (non-hydrogen) atoms. The number of amides is 2. The highest BCUT2D eigenvalue weighted by Gasteiger charge is 2.31. The van der Waals surface area contributed by atoms with Crippen molar-refractivity contribution in [1.29, 1.82) is 0 Å². The minimum absolute atomic E-state index is 0.0462. The third-order valence-electron chi connectivity index (χ3n) is 7.45. The van der Waals surface area contributed by atoms with Crippen LogP contribution >= 0.6 is 11.3 Å². The zero-order chi connectivity index (χ0) is 33.0. The summed E-state index contributed by atoms with van der Waals surface area (Å²) in [5.41, 5.74) is 8.09. The van der Waals surface area contributed by atoms with Gasteiger partial charge in [0.25, 0.3) is 0 Å². The predicted molar refractivity (Wildman–Crippen MR) is 173 cm³/mol. The summed E-state index contributed by atoms with van der Waals surface area (Å²) in [6.45, 7) is 10.2. The highest BCUT2D eigenvalue weighted by atomic mass is 32.1. The summed E-state index contributed by atoms with van der Waals surface area (Å²) in [6, 6.07) is 17.2. The second-order valence-corrected chi connectivity index (χ2v) is 12.2. The van der Waals surface area contributed by atoms with Crippen molar-refractivity contribution in [3.05, 3.63) is 105 Å². The number of aryl methyl sites for hydroxylation is 5. The van der Waals surface area contributed by atoms with Gasteiger partial charge < -0.3 is 10.1 Å². The average Bonchev–Trinajstić information content (AvgIpc) is 3.60. The van der Waals surface area contributed by atoms with Crippen molar-refractivity contribution in [2.45, 2.75) is 66.3 Å². The van der Waals surface area contributed by atoms with E-state index >= 15 is 0 Å². The van der Waals surface area contributed by atoms with E-state index < -0.39 is 6.36 Å². The molecule has 8 nitrogen and oxygen atoms in total. The standard InChI is InChI=1S/C34H35F3N6O2S/c1-21-17-22(2)30(23(3)18-21)43-25(5)19-46-33(43)40-32(44)39-24(4)7-6-8-26-9-11-27(12-10-26)31-38-20-42(41-31)28-13-15-29(16-14-28)45-34(35,36)37/h9-20,24H,6-8H2,1-5H3,(H,39,44). The summed E-state index contributed by atoms with van der Waals surface area (Å²) in [5.74, 6) is 0.196. The third-order valence-corrected chi connectivity index (χ3v) is 8.39. The fraction of sp³-hybridized carbons (Fsp3) is 0.294. The SMILES string of the molecule is Cc1cc(C)c(-n2c(C)csc2=NC(=O)NC(C)CCCc2ccc(-c3ncn(-c4ccc(OC(F)(F)F)cc4)n3)cc2)c(C)c1. The number of carbonyl (C=O) groups excluding carboxylic acids is 1. The van der Waals surface area contributed by atoms with Crippen LogP contribution in [0, 0.1) is 27.7 Å². The largest absolute Gasteiger partial charge is 0.573 e. The van der Waals surface area contributed by atoms with Crippen LogP contribution in [0.25, 0.3) is 22.8 Å². The molecule has 240 valence electrons. The topological polar surface area (TPSA) is 86.3 Å². The summed E-state index contributed by atoms with van der Waals surface area (Å²) >= 11 is 1.45. The predicted octanol–water partition coefficient (Wildman–Crippen LogP) is 7.94. The normalized spacial score (nSPS) is 12.7. The first kappa shape index (κ1) is 32.7. The van der Waals surface area contributed by atoms with Gasteiger partial charge in [0.2, 0.25) is 0 Å². The number of rotatable bonds is 9. The molecule has 1 unspecified atom stereocenters. The minimum Gasteiger partial charge on any atom is -0.406 e. The Morgan fingerprint density at radius 2 is 1.70 bits per heavy atom. The number of hydrogen-bond acceptors (Lipinski definition) is 5. The molecule has 5 aromatic rings. The molecule has 5 rings (SSSR count). The second kappa shape index (κ2) is 13.7. The van der Waals surface area contributed by atoms with Crippen LogP contribution in [0.15, 0.2) is 77.4 Å². The zero-order valence-electron chi connectivity index (χ0n) is 26.2. The highest BCUT2D eigenvalue weighted by molar-refractivity contribution is 7.07. The van der Waals surface area contributed by atoms with Crippen LogP contribution in [-0.4, -0.2) is 37.8 Å². The molecule has 0 bridgehead atoms. The van der Waals surface area contributed by atoms with Gasteiger partial charge >= 0.3 is 12.4 Å². The van der Waals surface area contributed by atoms with Gasteiger partial charge in [-0.2, -0.15) is 4.99 Å². The number of urea groups is 1. The molecule has 0 saturated heterocycles. The molecule has 0 spiro atoms. The van der Waals surface area contributed by atoms with E-state index in [9.17, 15) is 18.0 Å². The summed E-state index contributed by atoms with van der Waals surface area (Å²) < 4.78 is 44.7. The Balaban J connectivity index is 1.14. The minimum atomic E-state index is -4.74. The molecule has 2 heterocycles. The van der Waals surface area contributed by atoms with Crippen LogP contribution in [-0.2, 0) is 6.42 Å². The lowest BCUT2D eigenvalue weighted by Gasteiger charge is -2.15. The van der Waals surface area contributed by atoms with Gasteiger partial charge in [-0.05, 0) is 94.8 Å². The number of alkyl halides is 3. The average molecular weight is 649 g/mol. The van der Waals surface area contributed by atoms with Crippen LogP contribution in [0.1, 0.15) is 47.7 Å². The number of aromatic nitrogens is 4. The molecule has 2 amide bonds. The number of benzene rings is 3. The van der Waals surface area contributed by atoms with E-state index in [0.717, 1.165) is 52.9 Å². The van der Waals surface area contributed by atoms with Gasteiger partial charge in [-0.15, -0.1) is 29.6 Å². The molecule has 0 radical (unpaired) electrons. The maximum Gasteiger partial charge on any atom is 0.573 e. The van der Waals surface area contributed by atoms with E-state index in [1.807, 2.05) is 43.5 Å². The Morgan fingerprint density at radius 1 is 1.02 bits per heavy atom. The van der Waals surface area contributed by atoms with Gasteiger partial charge in [-0.25, -0.2) is 14.5 Å². The van der Waals surface area contributed by atoms with Crippen LogP contribution in [0.3, 0.4) is 0 Å². The maximum absolute atomic E-state index is 12.9. The number of nitrogens with zero attached hydrogens (tertiary/aromatic N) is 5. The lowest BCUT2D eigenvalue weighted by molar-refractivity contribution is -0.274. The second-order valence-electron chi connectivity index (χ2n) is 11.3. The fourth-order valence-electron chi connectivity index (χ4n) is 5.42. The van der Waals surface area contributed by atoms with Gasteiger partial charge in [0, 0.05) is 22.7 Å². The molecule has 1 atom stereocenters. The Labute approximate surface area is 269 Å². The van der Waals surface area contributed by atoms with Gasteiger partial charge in [0.15, 0.2) is 10.6 Å². The van der Waals surface area contributed by atoms with Gasteiger partial charge in [-0.3, -0.25) is 4.57 Å². The molecule has 0 aliphatic rings. The molecular weight excluding hydrogens is 613 g/mol. The summed E-state index contributed by atoms with van der Waals surface area (Å²) in [6.07, 6.45) is -0.729. The summed E-state index contributed by atoms with van der Waals surface area (Å²) in [4.78, 5) is 22.3. The van der Waals surface area contributed by atoms with E-state index in [0.29, 0.717) is 16.3 Å². The quantitative estimate of drug-likeness (QED) is 0.176. The summed E-state index contributed by atoms with van der Waals surface area (Å²) in [7, 11) is 0. The Hall–Kier alpha value is -4.71. The number of halogens is 3. The maximum atomic E-state index is 12.9. The van der Waals surface area contributed by atoms with Crippen molar-refractivity contribution < 1.29 is 22.7 Å². The van der Waals surface area contributed by atoms with Crippen molar-refractivity contribution in [3.63, 3.8) is 0 Å². The number of carbonyl (C=O) groups is 1. The van der Waals surface area contributed by atoms with Crippen molar-refractivity contribution in [3.8, 4) is 28.5 Å². The van der Waals surface area contributed by atoms with Crippen molar-refractivity contribution >= 4 is 17.4 Å². The molecule has 0 saturated carbocycles. The molecule has 0 aliphatic heterocycles. The number of hydrogen-bond donors (Lipinski definition) is 1. The van der Waals surface area contributed by atoms with Crippen LogP contribution in [0.5, 0.6) is 5.75 Å². The summed E-state index contributed by atoms with van der Waals surface area (Å²) in [5, 5.41) is 9.48. The number of thiazole rings is 1. The molecule has 1 N–H and O–H groups in total. The van der Waals surface area contributed by atoms with Crippen LogP contribution in [0.2, 0.25) is 0 Å². The third kappa shape index (κ3) is 8.11. The van der Waals surface area contributed by atoms with E-state index in [1.54, 1.807) is 0 Å². The Kier molecular flexibility index (Phi) is 9.76. The Morgan fingerprint density at radius 3 is 2.35 bits per heavy atom. The van der Waals surface area contributed by atoms with Crippen molar-refractivity contribution in [2.24, 2.45) is 4.99 Å². The number of ether oxygens (including phenoxy) is 1. The van der Waals surface area contributed by atoms with E-state index in [-0.39, 0.29) is 17.8 Å². The van der Waals surface area contributed by atoms with Gasteiger partial charge in [0.05, 0.1) is 11.4 Å². The molecule has 3 aromatic carbocycles. The number of nitrogens with one attached hydrogen (secondary N) is 1. The fourth-order valence-corrected chi connectivity index (χ4v) is 6.28. The van der Waals surface area contributed by atoms with Crippen molar-refractivity contribution in [2.75, 3.05) is 0 Å². The van der Waals surface area contributed by atoms with E-state index in [2.05, 4.69) is 62.6 Å². The molecular formula is C34H35F3N6O2S. The lowest BCUT2D eigenvalue weighted by Crippen LogP contribution is -2.32. The highest BCUT2D eigenvalue weighted by Crippen LogP contribution is 2.25. The van der Waals surface area contributed by atoms with Gasteiger partial charge in [-0.1, -0.05) is 42.0 Å². The van der Waals surface area contributed by atoms with E-state index in [1.165, 1.54) is 52.2 Å². The zero-order valence-corrected chi connectivity index (χ0v) is 27.0. The molecule has 0 fully saturated rings. The van der Waals surface area contributed by atoms with Crippen molar-refractivity contribution in [1.82, 2.24) is 24.6 Å². The Bertz CT molecular complexity index is 1870. The molecule has 2 aromatic heterocycles. The lowest BCUT2D eigenvalue weighted by atomic mass is 10.0. The van der Waals surface area contributed by atoms with E-state index in [4.69, 9.17) is 0 Å². The molecule has 12 heteroatoms. The molecule has 0 aliphatic carbocycles. The van der Waals surface area contributed by atoms with Crippen LogP contribution in [0.4, 0.5) is 18.0 Å². The first-order valence-electron chi connectivity index (χ1n) is 14.8. The smallest absolute Gasteiger partial charge is 0.406 e.